The highest BCUT2D eigenvalue weighted by atomic mass is 16.3. The molecule has 112 valence electrons. The third-order valence-corrected chi connectivity index (χ3v) is 3.91. The van der Waals surface area contributed by atoms with Crippen LogP contribution < -0.4 is 5.32 Å². The van der Waals surface area contributed by atoms with Gasteiger partial charge >= 0.3 is 0 Å². The number of fused-ring (bicyclic) bond motifs is 1. The van der Waals surface area contributed by atoms with E-state index in [1.807, 2.05) is 35.7 Å². The number of amides is 1. The Morgan fingerprint density at radius 3 is 3.05 bits per heavy atom. The van der Waals surface area contributed by atoms with Crippen LogP contribution in [-0.2, 0) is 0 Å². The number of nitrogens with one attached hydrogen (secondary N) is 1. The van der Waals surface area contributed by atoms with E-state index < -0.39 is 0 Å². The molecule has 1 aliphatic carbocycles. The SMILES string of the molecule is CC(CCCO)NC(=O)c1nc(C2CC2)n2ccccc12. The predicted molar refractivity (Wildman–Crippen MR) is 80.4 cm³/mol. The molecule has 1 amide bonds. The first kappa shape index (κ1) is 14.1. The van der Waals surface area contributed by atoms with Crippen LogP contribution in [0.15, 0.2) is 24.4 Å². The Bertz CT molecular complexity index is 646. The molecule has 2 N–H and O–H groups in total. The number of carbonyl (C=O) groups is 1. The Morgan fingerprint density at radius 2 is 2.33 bits per heavy atom. The molecule has 1 aliphatic rings. The molecule has 0 bridgehead atoms. The Morgan fingerprint density at radius 1 is 1.52 bits per heavy atom. The van der Waals surface area contributed by atoms with E-state index in [1.165, 1.54) is 0 Å². The van der Waals surface area contributed by atoms with Gasteiger partial charge in [-0.3, -0.25) is 4.79 Å². The van der Waals surface area contributed by atoms with Gasteiger partial charge in [-0.15, -0.1) is 0 Å². The smallest absolute Gasteiger partial charge is 0.272 e. The lowest BCUT2D eigenvalue weighted by Gasteiger charge is -2.12. The number of aliphatic hydroxyl groups excluding tert-OH is 1. The number of nitrogens with zero attached hydrogens (tertiary/aromatic N) is 2. The summed E-state index contributed by atoms with van der Waals surface area (Å²) in [5.74, 6) is 1.36. The van der Waals surface area contributed by atoms with Gasteiger partial charge in [0.1, 0.15) is 5.82 Å². The van der Waals surface area contributed by atoms with Crippen molar-refractivity contribution >= 4 is 11.4 Å². The highest BCUT2D eigenvalue weighted by Gasteiger charge is 2.30. The van der Waals surface area contributed by atoms with E-state index in [0.717, 1.165) is 30.6 Å². The molecule has 2 heterocycles. The number of imidazole rings is 1. The van der Waals surface area contributed by atoms with Crippen LogP contribution in [0.2, 0.25) is 0 Å². The first-order valence-electron chi connectivity index (χ1n) is 7.59. The maximum Gasteiger partial charge on any atom is 0.272 e. The normalized spacial score (nSPS) is 16.1. The van der Waals surface area contributed by atoms with Crippen molar-refractivity contribution in [2.45, 2.75) is 44.6 Å². The van der Waals surface area contributed by atoms with Crippen LogP contribution in [0.5, 0.6) is 0 Å². The second-order valence-corrected chi connectivity index (χ2v) is 5.79. The van der Waals surface area contributed by atoms with Gasteiger partial charge in [0.05, 0.1) is 5.52 Å². The van der Waals surface area contributed by atoms with Gasteiger partial charge in [0.15, 0.2) is 5.69 Å². The van der Waals surface area contributed by atoms with Crippen molar-refractivity contribution in [1.82, 2.24) is 14.7 Å². The van der Waals surface area contributed by atoms with Crippen LogP contribution in [-0.4, -0.2) is 33.0 Å². The van der Waals surface area contributed by atoms with Crippen molar-refractivity contribution in [2.24, 2.45) is 0 Å². The van der Waals surface area contributed by atoms with Gasteiger partial charge < -0.3 is 14.8 Å². The van der Waals surface area contributed by atoms with Crippen LogP contribution in [0, 0.1) is 0 Å². The van der Waals surface area contributed by atoms with Gasteiger partial charge in [-0.2, -0.15) is 0 Å². The number of aromatic nitrogens is 2. The van der Waals surface area contributed by atoms with Gasteiger partial charge in [-0.25, -0.2) is 4.98 Å². The fraction of sp³-hybridized carbons (Fsp3) is 0.500. The minimum atomic E-state index is -0.129. The largest absolute Gasteiger partial charge is 0.396 e. The first-order valence-corrected chi connectivity index (χ1v) is 7.59. The summed E-state index contributed by atoms with van der Waals surface area (Å²) in [6.45, 7) is 2.10. The Kier molecular flexibility index (Phi) is 3.92. The standard InChI is InChI=1S/C16H21N3O2/c1-11(5-4-10-20)17-16(21)14-13-6-2-3-9-19(13)15(18-14)12-7-8-12/h2-3,6,9,11-12,20H,4-5,7-8,10H2,1H3,(H,17,21). The fourth-order valence-corrected chi connectivity index (χ4v) is 2.62. The van der Waals surface area contributed by atoms with Crippen LogP contribution >= 0.6 is 0 Å². The average Bonchev–Trinajstić information content (AvgIpc) is 3.25. The van der Waals surface area contributed by atoms with Gasteiger partial charge in [0.2, 0.25) is 0 Å². The summed E-state index contributed by atoms with van der Waals surface area (Å²) in [4.78, 5) is 17.0. The van der Waals surface area contributed by atoms with E-state index in [4.69, 9.17) is 5.11 Å². The van der Waals surface area contributed by atoms with Gasteiger partial charge in [0, 0.05) is 24.8 Å². The van der Waals surface area contributed by atoms with Crippen LogP contribution in [0.4, 0.5) is 0 Å². The molecule has 0 spiro atoms. The zero-order chi connectivity index (χ0) is 14.8. The minimum Gasteiger partial charge on any atom is -0.396 e. The van der Waals surface area contributed by atoms with E-state index in [9.17, 15) is 4.79 Å². The van der Waals surface area contributed by atoms with Crippen molar-refractivity contribution in [3.63, 3.8) is 0 Å². The summed E-state index contributed by atoms with van der Waals surface area (Å²) >= 11 is 0. The fourth-order valence-electron chi connectivity index (χ4n) is 2.62. The molecule has 1 unspecified atom stereocenters. The molecule has 1 atom stereocenters. The van der Waals surface area contributed by atoms with Crippen molar-refractivity contribution < 1.29 is 9.90 Å². The van der Waals surface area contributed by atoms with Crippen molar-refractivity contribution in [1.29, 1.82) is 0 Å². The molecule has 5 heteroatoms. The number of aliphatic hydroxyl groups is 1. The van der Waals surface area contributed by atoms with E-state index in [1.54, 1.807) is 0 Å². The lowest BCUT2D eigenvalue weighted by atomic mass is 10.2. The number of hydrogen-bond acceptors (Lipinski definition) is 3. The van der Waals surface area contributed by atoms with Crippen LogP contribution in [0.3, 0.4) is 0 Å². The van der Waals surface area contributed by atoms with Gasteiger partial charge in [-0.1, -0.05) is 6.07 Å². The van der Waals surface area contributed by atoms with Crippen molar-refractivity contribution in [3.05, 3.63) is 35.9 Å². The van der Waals surface area contributed by atoms with Crippen molar-refractivity contribution in [3.8, 4) is 0 Å². The second-order valence-electron chi connectivity index (χ2n) is 5.79. The molecule has 5 nitrogen and oxygen atoms in total. The highest BCUT2D eigenvalue weighted by Crippen LogP contribution is 2.39. The number of hydrogen-bond donors (Lipinski definition) is 2. The number of rotatable bonds is 6. The third kappa shape index (κ3) is 2.93. The average molecular weight is 287 g/mol. The lowest BCUT2D eigenvalue weighted by molar-refractivity contribution is 0.0933. The summed E-state index contributed by atoms with van der Waals surface area (Å²) in [6.07, 6.45) is 5.74. The molecule has 0 saturated heterocycles. The van der Waals surface area contributed by atoms with Crippen LogP contribution in [0.1, 0.15) is 54.8 Å². The van der Waals surface area contributed by atoms with E-state index in [0.29, 0.717) is 18.0 Å². The summed E-state index contributed by atoms with van der Waals surface area (Å²) in [7, 11) is 0. The zero-order valence-corrected chi connectivity index (χ0v) is 12.2. The monoisotopic (exact) mass is 287 g/mol. The quantitative estimate of drug-likeness (QED) is 0.855. The molecule has 1 fully saturated rings. The van der Waals surface area contributed by atoms with Gasteiger partial charge in [-0.05, 0) is 44.7 Å². The molecular weight excluding hydrogens is 266 g/mol. The highest BCUT2D eigenvalue weighted by molar-refractivity contribution is 5.99. The summed E-state index contributed by atoms with van der Waals surface area (Å²) in [5, 5.41) is 11.8. The molecule has 1 saturated carbocycles. The summed E-state index contributed by atoms with van der Waals surface area (Å²) in [5.41, 5.74) is 1.37. The Hall–Kier alpha value is -1.88. The lowest BCUT2D eigenvalue weighted by Crippen LogP contribution is -2.33. The van der Waals surface area contributed by atoms with Gasteiger partial charge in [0.25, 0.3) is 5.91 Å². The molecule has 0 radical (unpaired) electrons. The Balaban J connectivity index is 1.84. The topological polar surface area (TPSA) is 66.6 Å². The Labute approximate surface area is 124 Å². The van der Waals surface area contributed by atoms with E-state index in [2.05, 4.69) is 10.3 Å². The molecule has 2 aromatic heterocycles. The first-order chi connectivity index (χ1) is 10.2. The minimum absolute atomic E-state index is 0.0366. The second kappa shape index (κ2) is 5.85. The number of carbonyl (C=O) groups excluding carboxylic acids is 1. The zero-order valence-electron chi connectivity index (χ0n) is 12.2. The number of pyridine rings is 1. The molecule has 3 rings (SSSR count). The van der Waals surface area contributed by atoms with E-state index in [-0.39, 0.29) is 18.6 Å². The molecular formula is C16H21N3O2. The maximum absolute atomic E-state index is 12.4. The summed E-state index contributed by atoms with van der Waals surface area (Å²) in [6, 6.07) is 5.87. The van der Waals surface area contributed by atoms with E-state index >= 15 is 0 Å². The summed E-state index contributed by atoms with van der Waals surface area (Å²) < 4.78 is 2.03. The third-order valence-electron chi connectivity index (χ3n) is 3.91. The molecule has 2 aromatic rings. The molecule has 0 aromatic carbocycles. The predicted octanol–water partition coefficient (Wildman–Crippen LogP) is 2.10. The van der Waals surface area contributed by atoms with Crippen LogP contribution in [0.25, 0.3) is 5.52 Å². The maximum atomic E-state index is 12.4. The molecule has 0 aliphatic heterocycles. The van der Waals surface area contributed by atoms with Crippen molar-refractivity contribution in [2.75, 3.05) is 6.61 Å². The molecule has 21 heavy (non-hydrogen) atoms.